The summed E-state index contributed by atoms with van der Waals surface area (Å²) in [4.78, 5) is 25.7. The number of nitro benzene ring substituents is 1. The van der Waals surface area contributed by atoms with Crippen LogP contribution in [-0.4, -0.2) is 22.4 Å². The van der Waals surface area contributed by atoms with E-state index in [9.17, 15) is 20.0 Å². The first-order chi connectivity index (χ1) is 16.5. The van der Waals surface area contributed by atoms with E-state index < -0.39 is 28.3 Å². The van der Waals surface area contributed by atoms with E-state index >= 15 is 0 Å². The van der Waals surface area contributed by atoms with Crippen LogP contribution >= 0.6 is 11.3 Å². The molecule has 2 aliphatic rings. The first-order valence-electron chi connectivity index (χ1n) is 11.0. The summed E-state index contributed by atoms with van der Waals surface area (Å²) < 4.78 is 5.49. The third-order valence-corrected chi connectivity index (χ3v) is 7.18. The van der Waals surface area contributed by atoms with E-state index in [4.69, 9.17) is 4.74 Å². The van der Waals surface area contributed by atoms with Gasteiger partial charge in [0.25, 0.3) is 0 Å². The molecule has 8 nitrogen and oxygen atoms in total. The maximum Gasteiger partial charge on any atom is 0.315 e. The zero-order valence-electron chi connectivity index (χ0n) is 18.4. The van der Waals surface area contributed by atoms with Gasteiger partial charge in [-0.05, 0) is 42.1 Å². The van der Waals surface area contributed by atoms with Crippen LogP contribution in [0.15, 0.2) is 65.7 Å². The van der Waals surface area contributed by atoms with Gasteiger partial charge in [0.05, 0.1) is 34.9 Å². The van der Waals surface area contributed by atoms with E-state index in [-0.39, 0.29) is 24.1 Å². The standard InChI is InChI=1S/C25H23N3O5S/c1-2-33-21-13-15(11-19(25(21)30)28(31)32)24-23-18(26-16-6-3-4-7-17(16)27-24)10-14(12-20(23)29)22-8-5-9-34-22/h3-11,13-14,23-24,26-27,30H,2,12H2,1H3/t14-,23-,24-/m0/s1. The van der Waals surface area contributed by atoms with Crippen molar-refractivity contribution < 1.29 is 19.6 Å². The Morgan fingerprint density at radius 1 is 1.21 bits per heavy atom. The SMILES string of the molecule is CCOc1cc([C@@H]2Nc3ccccc3NC3=C[C@H](c4cccs4)CC(=O)[C@H]32)cc([N+](=O)[O-])c1O. The molecule has 5 rings (SSSR count). The van der Waals surface area contributed by atoms with Gasteiger partial charge in [-0.15, -0.1) is 11.3 Å². The van der Waals surface area contributed by atoms with E-state index in [1.54, 1.807) is 24.3 Å². The number of nitro groups is 1. The van der Waals surface area contributed by atoms with Crippen LogP contribution in [0.25, 0.3) is 0 Å². The lowest BCUT2D eigenvalue weighted by Gasteiger charge is -2.32. The monoisotopic (exact) mass is 477 g/mol. The molecule has 0 unspecified atom stereocenters. The highest BCUT2D eigenvalue weighted by Gasteiger charge is 2.41. The van der Waals surface area contributed by atoms with Crippen LogP contribution in [0.1, 0.15) is 35.7 Å². The Kier molecular flexibility index (Phi) is 5.70. The third-order valence-electron chi connectivity index (χ3n) is 6.18. The molecular formula is C25H23N3O5S. The number of ether oxygens (including phenoxy) is 1. The summed E-state index contributed by atoms with van der Waals surface area (Å²) in [6.07, 6.45) is 2.43. The van der Waals surface area contributed by atoms with Crippen molar-refractivity contribution in [3.8, 4) is 11.5 Å². The van der Waals surface area contributed by atoms with Crippen LogP contribution in [0.4, 0.5) is 17.1 Å². The second-order valence-electron chi connectivity index (χ2n) is 8.26. The number of fused-ring (bicyclic) bond motifs is 2. The van der Waals surface area contributed by atoms with Crippen molar-refractivity contribution in [3.05, 3.63) is 86.2 Å². The number of benzene rings is 2. The number of ketones is 1. The number of para-hydroxylation sites is 2. The minimum Gasteiger partial charge on any atom is -0.500 e. The van der Waals surface area contributed by atoms with Gasteiger partial charge in [-0.25, -0.2) is 0 Å². The number of Topliss-reactive ketones (excluding diaryl/α,β-unsaturated/α-hetero) is 1. The number of carbonyl (C=O) groups excluding carboxylic acids is 1. The fourth-order valence-corrected chi connectivity index (χ4v) is 5.46. The third kappa shape index (κ3) is 3.88. The summed E-state index contributed by atoms with van der Waals surface area (Å²) in [5, 5.41) is 30.9. The average Bonchev–Trinajstić information content (AvgIpc) is 3.29. The number of anilines is 2. The van der Waals surface area contributed by atoms with Crippen molar-refractivity contribution >= 4 is 34.2 Å². The van der Waals surface area contributed by atoms with Gasteiger partial charge < -0.3 is 20.5 Å². The molecule has 9 heteroatoms. The van der Waals surface area contributed by atoms with Gasteiger partial charge in [-0.3, -0.25) is 14.9 Å². The molecule has 0 spiro atoms. The quantitative estimate of drug-likeness (QED) is 0.324. The van der Waals surface area contributed by atoms with E-state index in [1.807, 2.05) is 41.8 Å². The van der Waals surface area contributed by atoms with Gasteiger partial charge in [0.15, 0.2) is 5.75 Å². The molecule has 1 aliphatic heterocycles. The molecule has 1 aliphatic carbocycles. The Balaban J connectivity index is 1.67. The Morgan fingerprint density at radius 3 is 2.71 bits per heavy atom. The lowest BCUT2D eigenvalue weighted by atomic mass is 9.78. The molecule has 0 saturated heterocycles. The van der Waals surface area contributed by atoms with E-state index in [0.29, 0.717) is 12.0 Å². The zero-order chi connectivity index (χ0) is 23.8. The minimum absolute atomic E-state index is 0.0178. The maximum atomic E-state index is 13.6. The lowest BCUT2D eigenvalue weighted by molar-refractivity contribution is -0.386. The molecule has 0 radical (unpaired) electrons. The number of hydrogen-bond donors (Lipinski definition) is 3. The Hall–Kier alpha value is -3.85. The second-order valence-corrected chi connectivity index (χ2v) is 9.24. The van der Waals surface area contributed by atoms with Crippen molar-refractivity contribution in [2.24, 2.45) is 5.92 Å². The van der Waals surface area contributed by atoms with Gasteiger partial charge in [0.1, 0.15) is 5.78 Å². The number of rotatable bonds is 5. The minimum atomic E-state index is -0.642. The van der Waals surface area contributed by atoms with Gasteiger partial charge in [0, 0.05) is 29.0 Å². The van der Waals surface area contributed by atoms with Gasteiger partial charge in [-0.2, -0.15) is 0 Å². The van der Waals surface area contributed by atoms with Crippen LogP contribution in [0, 0.1) is 16.0 Å². The first kappa shape index (κ1) is 22.0. The van der Waals surface area contributed by atoms with E-state index in [0.717, 1.165) is 21.9 Å². The Bertz CT molecular complexity index is 1290. The molecule has 0 saturated carbocycles. The number of allylic oxidation sites excluding steroid dienone is 1. The molecule has 2 aromatic carbocycles. The topological polar surface area (TPSA) is 114 Å². The fourth-order valence-electron chi connectivity index (χ4n) is 4.66. The molecule has 1 aromatic heterocycles. The van der Waals surface area contributed by atoms with Gasteiger partial charge in [0.2, 0.25) is 5.75 Å². The number of phenolic OH excluding ortho intramolecular Hbond substituents is 1. The highest BCUT2D eigenvalue weighted by atomic mass is 32.1. The van der Waals surface area contributed by atoms with Crippen molar-refractivity contribution in [3.63, 3.8) is 0 Å². The van der Waals surface area contributed by atoms with Crippen LogP contribution in [-0.2, 0) is 4.79 Å². The Labute approximate surface area is 200 Å². The zero-order valence-corrected chi connectivity index (χ0v) is 19.2. The van der Waals surface area contributed by atoms with Crippen LogP contribution < -0.4 is 15.4 Å². The molecule has 3 atom stereocenters. The number of hydrogen-bond acceptors (Lipinski definition) is 8. The summed E-state index contributed by atoms with van der Waals surface area (Å²) >= 11 is 1.61. The number of aromatic hydroxyl groups is 1. The van der Waals surface area contributed by atoms with Gasteiger partial charge >= 0.3 is 5.69 Å². The highest BCUT2D eigenvalue weighted by Crippen LogP contribution is 2.47. The predicted octanol–water partition coefficient (Wildman–Crippen LogP) is 5.60. The highest BCUT2D eigenvalue weighted by molar-refractivity contribution is 7.10. The average molecular weight is 478 g/mol. The molecule has 3 aromatic rings. The normalized spacial score (nSPS) is 21.3. The number of carbonyl (C=O) groups is 1. The summed E-state index contributed by atoms with van der Waals surface area (Å²) in [5.74, 6) is -1.11. The number of phenols is 1. The Morgan fingerprint density at radius 2 is 2.00 bits per heavy atom. The van der Waals surface area contributed by atoms with Crippen molar-refractivity contribution in [2.75, 3.05) is 17.2 Å². The van der Waals surface area contributed by atoms with Crippen LogP contribution in [0.2, 0.25) is 0 Å². The summed E-state index contributed by atoms with van der Waals surface area (Å²) in [6, 6.07) is 13.9. The molecule has 174 valence electrons. The molecule has 0 bridgehead atoms. The van der Waals surface area contributed by atoms with Crippen LogP contribution in [0.5, 0.6) is 11.5 Å². The molecule has 34 heavy (non-hydrogen) atoms. The molecule has 2 heterocycles. The number of nitrogens with zero attached hydrogens (tertiary/aromatic N) is 1. The van der Waals surface area contributed by atoms with E-state index in [1.165, 1.54) is 6.07 Å². The number of nitrogens with one attached hydrogen (secondary N) is 2. The summed E-state index contributed by atoms with van der Waals surface area (Å²) in [5.41, 5.74) is 2.38. The van der Waals surface area contributed by atoms with Crippen molar-refractivity contribution in [1.82, 2.24) is 0 Å². The smallest absolute Gasteiger partial charge is 0.315 e. The van der Waals surface area contributed by atoms with Crippen molar-refractivity contribution in [2.45, 2.75) is 25.3 Å². The van der Waals surface area contributed by atoms with Crippen molar-refractivity contribution in [1.29, 1.82) is 0 Å². The first-order valence-corrected chi connectivity index (χ1v) is 11.9. The van der Waals surface area contributed by atoms with Crippen LogP contribution in [0.3, 0.4) is 0 Å². The second kappa shape index (κ2) is 8.83. The largest absolute Gasteiger partial charge is 0.500 e. The number of thiophene rings is 1. The van der Waals surface area contributed by atoms with Gasteiger partial charge in [-0.1, -0.05) is 24.3 Å². The molecule has 3 N–H and O–H groups in total. The molecule has 0 fully saturated rings. The summed E-state index contributed by atoms with van der Waals surface area (Å²) in [6.45, 7) is 1.96. The summed E-state index contributed by atoms with van der Waals surface area (Å²) in [7, 11) is 0. The maximum absolute atomic E-state index is 13.6. The molecule has 0 amide bonds. The lowest BCUT2D eigenvalue weighted by Crippen LogP contribution is -2.33. The van der Waals surface area contributed by atoms with E-state index in [2.05, 4.69) is 16.7 Å². The fraction of sp³-hybridized carbons (Fsp3) is 0.240. The predicted molar refractivity (Wildman–Crippen MR) is 131 cm³/mol. The molecular weight excluding hydrogens is 454 g/mol.